The second-order valence-corrected chi connectivity index (χ2v) is 5.45. The first-order valence-electron chi connectivity index (χ1n) is 7.78. The van der Waals surface area contributed by atoms with Gasteiger partial charge in [0.2, 0.25) is 0 Å². The smallest absolute Gasteiger partial charge is 0.127 e. The largest absolute Gasteiger partial charge is 0.457 e. The van der Waals surface area contributed by atoms with E-state index in [1.54, 1.807) is 0 Å². The number of nitrogens with two attached hydrogens (primary N) is 1. The molecule has 116 valence electrons. The van der Waals surface area contributed by atoms with Crippen LogP contribution in [0.2, 0.25) is 0 Å². The highest BCUT2D eigenvalue weighted by Crippen LogP contribution is 2.26. The first kappa shape index (κ1) is 15.3. The first-order valence-corrected chi connectivity index (χ1v) is 7.78. The molecule has 0 spiro atoms. The SMILES string of the molecule is NCC(Cc1ccccn1)c1cccc(Oc2ccccc2)c1. The predicted molar refractivity (Wildman–Crippen MR) is 92.7 cm³/mol. The van der Waals surface area contributed by atoms with Gasteiger partial charge in [-0.25, -0.2) is 0 Å². The summed E-state index contributed by atoms with van der Waals surface area (Å²) in [5, 5.41) is 0. The normalized spacial score (nSPS) is 11.9. The van der Waals surface area contributed by atoms with Crippen LogP contribution in [0, 0.1) is 0 Å². The van der Waals surface area contributed by atoms with Gasteiger partial charge in [-0.1, -0.05) is 36.4 Å². The molecule has 0 bridgehead atoms. The van der Waals surface area contributed by atoms with Crippen molar-refractivity contribution in [3.63, 3.8) is 0 Å². The van der Waals surface area contributed by atoms with Crippen LogP contribution in [0.1, 0.15) is 17.2 Å². The van der Waals surface area contributed by atoms with Crippen molar-refractivity contribution in [3.05, 3.63) is 90.3 Å². The molecule has 1 atom stereocenters. The topological polar surface area (TPSA) is 48.1 Å². The monoisotopic (exact) mass is 304 g/mol. The first-order chi connectivity index (χ1) is 11.3. The molecule has 1 aromatic heterocycles. The van der Waals surface area contributed by atoms with Crippen molar-refractivity contribution in [1.82, 2.24) is 4.98 Å². The van der Waals surface area contributed by atoms with Crippen LogP contribution in [-0.2, 0) is 6.42 Å². The maximum absolute atomic E-state index is 5.99. The highest BCUT2D eigenvalue weighted by molar-refractivity contribution is 5.35. The van der Waals surface area contributed by atoms with Crippen LogP contribution in [0.4, 0.5) is 0 Å². The second-order valence-electron chi connectivity index (χ2n) is 5.45. The van der Waals surface area contributed by atoms with E-state index in [2.05, 4.69) is 17.1 Å². The third kappa shape index (κ3) is 4.18. The molecule has 0 aliphatic carbocycles. The molecular weight excluding hydrogens is 284 g/mol. The van der Waals surface area contributed by atoms with Gasteiger partial charge in [-0.3, -0.25) is 4.98 Å². The standard InChI is InChI=1S/C20H20N2O/c21-15-17(13-18-8-4-5-12-22-18)16-7-6-11-20(14-16)23-19-9-2-1-3-10-19/h1-12,14,17H,13,15,21H2. The minimum atomic E-state index is 0.226. The van der Waals surface area contributed by atoms with E-state index in [1.165, 1.54) is 5.56 Å². The van der Waals surface area contributed by atoms with Crippen molar-refractivity contribution in [1.29, 1.82) is 0 Å². The zero-order valence-corrected chi connectivity index (χ0v) is 12.9. The molecule has 3 rings (SSSR count). The summed E-state index contributed by atoms with van der Waals surface area (Å²) in [6, 6.07) is 23.9. The zero-order chi connectivity index (χ0) is 15.9. The van der Waals surface area contributed by atoms with Crippen LogP contribution in [0.15, 0.2) is 79.0 Å². The number of pyridine rings is 1. The van der Waals surface area contributed by atoms with Crippen LogP contribution in [0.25, 0.3) is 0 Å². The maximum Gasteiger partial charge on any atom is 0.127 e. The average Bonchev–Trinajstić information content (AvgIpc) is 2.62. The molecule has 2 N–H and O–H groups in total. The Morgan fingerprint density at radius 3 is 2.39 bits per heavy atom. The summed E-state index contributed by atoms with van der Waals surface area (Å²) in [6.07, 6.45) is 2.64. The molecule has 3 aromatic rings. The fraction of sp³-hybridized carbons (Fsp3) is 0.150. The number of aromatic nitrogens is 1. The van der Waals surface area contributed by atoms with Crippen molar-refractivity contribution in [3.8, 4) is 11.5 Å². The molecular formula is C20H20N2O. The summed E-state index contributed by atoms with van der Waals surface area (Å²) >= 11 is 0. The summed E-state index contributed by atoms with van der Waals surface area (Å²) in [4.78, 5) is 4.40. The molecule has 0 saturated heterocycles. The average molecular weight is 304 g/mol. The Hall–Kier alpha value is -2.65. The molecule has 3 heteroatoms. The van der Waals surface area contributed by atoms with E-state index >= 15 is 0 Å². The maximum atomic E-state index is 5.99. The van der Waals surface area contributed by atoms with E-state index in [0.717, 1.165) is 23.6 Å². The summed E-state index contributed by atoms with van der Waals surface area (Å²) in [6.45, 7) is 0.575. The Morgan fingerprint density at radius 2 is 1.65 bits per heavy atom. The van der Waals surface area contributed by atoms with E-state index in [-0.39, 0.29) is 5.92 Å². The van der Waals surface area contributed by atoms with E-state index in [0.29, 0.717) is 6.54 Å². The Kier molecular flexibility index (Phi) is 5.02. The van der Waals surface area contributed by atoms with Crippen molar-refractivity contribution in [2.75, 3.05) is 6.54 Å². The van der Waals surface area contributed by atoms with Gasteiger partial charge < -0.3 is 10.5 Å². The van der Waals surface area contributed by atoms with E-state index < -0.39 is 0 Å². The zero-order valence-electron chi connectivity index (χ0n) is 12.9. The molecule has 1 unspecified atom stereocenters. The van der Waals surface area contributed by atoms with Crippen LogP contribution < -0.4 is 10.5 Å². The van der Waals surface area contributed by atoms with Gasteiger partial charge in [-0.2, -0.15) is 0 Å². The van der Waals surface area contributed by atoms with Crippen LogP contribution in [-0.4, -0.2) is 11.5 Å². The number of hydrogen-bond acceptors (Lipinski definition) is 3. The highest BCUT2D eigenvalue weighted by atomic mass is 16.5. The lowest BCUT2D eigenvalue weighted by Crippen LogP contribution is -2.15. The van der Waals surface area contributed by atoms with Crippen molar-refractivity contribution in [2.24, 2.45) is 5.73 Å². The molecule has 0 radical (unpaired) electrons. The van der Waals surface area contributed by atoms with Crippen molar-refractivity contribution >= 4 is 0 Å². The minimum absolute atomic E-state index is 0.226. The molecule has 0 fully saturated rings. The molecule has 1 heterocycles. The summed E-state index contributed by atoms with van der Waals surface area (Å²) in [5.41, 5.74) is 8.21. The van der Waals surface area contributed by atoms with Gasteiger partial charge in [0.25, 0.3) is 0 Å². The molecule has 23 heavy (non-hydrogen) atoms. The van der Waals surface area contributed by atoms with Crippen LogP contribution >= 0.6 is 0 Å². The molecule has 0 aliphatic heterocycles. The number of rotatable bonds is 6. The lowest BCUT2D eigenvalue weighted by molar-refractivity contribution is 0.481. The van der Waals surface area contributed by atoms with Gasteiger partial charge in [0.15, 0.2) is 0 Å². The molecule has 2 aromatic carbocycles. The third-order valence-electron chi connectivity index (χ3n) is 3.77. The molecule has 0 amide bonds. The molecule has 0 saturated carbocycles. The van der Waals surface area contributed by atoms with Gasteiger partial charge in [0, 0.05) is 17.8 Å². The van der Waals surface area contributed by atoms with Crippen molar-refractivity contribution < 1.29 is 4.74 Å². The van der Waals surface area contributed by atoms with Crippen LogP contribution in [0.3, 0.4) is 0 Å². The lowest BCUT2D eigenvalue weighted by atomic mass is 9.94. The third-order valence-corrected chi connectivity index (χ3v) is 3.77. The van der Waals surface area contributed by atoms with Gasteiger partial charge in [0.05, 0.1) is 0 Å². The van der Waals surface area contributed by atoms with Gasteiger partial charge in [-0.05, 0) is 54.9 Å². The van der Waals surface area contributed by atoms with E-state index in [4.69, 9.17) is 10.5 Å². The van der Waals surface area contributed by atoms with Gasteiger partial charge in [0.1, 0.15) is 11.5 Å². The van der Waals surface area contributed by atoms with Gasteiger partial charge in [-0.15, -0.1) is 0 Å². The Balaban J connectivity index is 1.77. The van der Waals surface area contributed by atoms with E-state index in [9.17, 15) is 0 Å². The number of para-hydroxylation sites is 1. The Morgan fingerprint density at radius 1 is 0.870 bits per heavy atom. The van der Waals surface area contributed by atoms with Crippen LogP contribution in [0.5, 0.6) is 11.5 Å². The van der Waals surface area contributed by atoms with Gasteiger partial charge >= 0.3 is 0 Å². The molecule has 3 nitrogen and oxygen atoms in total. The number of ether oxygens (including phenoxy) is 1. The highest BCUT2D eigenvalue weighted by Gasteiger charge is 2.12. The quantitative estimate of drug-likeness (QED) is 0.744. The fourth-order valence-electron chi connectivity index (χ4n) is 2.57. The number of nitrogens with zero attached hydrogens (tertiary/aromatic N) is 1. The molecule has 0 aliphatic rings. The fourth-order valence-corrected chi connectivity index (χ4v) is 2.57. The van der Waals surface area contributed by atoms with E-state index in [1.807, 2.05) is 66.9 Å². The summed E-state index contributed by atoms with van der Waals surface area (Å²) in [5.74, 6) is 1.89. The Labute approximate surface area is 136 Å². The number of hydrogen-bond donors (Lipinski definition) is 1. The summed E-state index contributed by atoms with van der Waals surface area (Å²) in [7, 11) is 0. The summed E-state index contributed by atoms with van der Waals surface area (Å²) < 4.78 is 5.91. The lowest BCUT2D eigenvalue weighted by Gasteiger charge is -2.16. The second kappa shape index (κ2) is 7.56. The number of benzene rings is 2. The van der Waals surface area contributed by atoms with Crippen molar-refractivity contribution in [2.45, 2.75) is 12.3 Å². The Bertz CT molecular complexity index is 729. The minimum Gasteiger partial charge on any atom is -0.457 e. The predicted octanol–water partition coefficient (Wildman–Crippen LogP) is 4.16.